The Morgan fingerprint density at radius 1 is 1.25 bits per heavy atom. The third-order valence-electron chi connectivity index (χ3n) is 2.48. The van der Waals surface area contributed by atoms with Crippen LogP contribution in [0, 0.1) is 0 Å². The molecular formula is C13H10ClN3O3. The van der Waals surface area contributed by atoms with Crippen LogP contribution in [-0.4, -0.2) is 21.9 Å². The van der Waals surface area contributed by atoms with E-state index in [0.717, 1.165) is 0 Å². The number of hydrogen-bond donors (Lipinski definition) is 3. The van der Waals surface area contributed by atoms with E-state index < -0.39 is 11.8 Å². The number of benzene rings is 1. The van der Waals surface area contributed by atoms with Gasteiger partial charge in [0, 0.05) is 11.2 Å². The molecule has 0 atom stereocenters. The van der Waals surface area contributed by atoms with Crippen LogP contribution < -0.4 is 11.1 Å². The standard InChI is InChI=1S/C13H10ClN3O3/c14-8-2-4-11(18)10(5-8)17-13(20)7-1-3-9(12(15)19)16-6-7/h1-6,18H,(H2,15,19)(H,17,20). The van der Waals surface area contributed by atoms with E-state index in [0.29, 0.717) is 5.02 Å². The molecule has 0 spiro atoms. The van der Waals surface area contributed by atoms with Crippen LogP contribution in [0.2, 0.25) is 5.02 Å². The first-order valence-electron chi connectivity index (χ1n) is 5.53. The number of pyridine rings is 1. The number of aromatic hydroxyl groups is 1. The van der Waals surface area contributed by atoms with Crippen molar-refractivity contribution in [1.82, 2.24) is 4.98 Å². The molecule has 0 unspecified atom stereocenters. The first-order chi connectivity index (χ1) is 9.47. The number of carbonyl (C=O) groups is 2. The van der Waals surface area contributed by atoms with Crippen molar-refractivity contribution < 1.29 is 14.7 Å². The Labute approximate surface area is 119 Å². The number of hydrogen-bond acceptors (Lipinski definition) is 4. The summed E-state index contributed by atoms with van der Waals surface area (Å²) in [6.45, 7) is 0. The maximum Gasteiger partial charge on any atom is 0.267 e. The van der Waals surface area contributed by atoms with E-state index in [1.807, 2.05) is 0 Å². The molecule has 2 amide bonds. The minimum absolute atomic E-state index is 0.0622. The van der Waals surface area contributed by atoms with Crippen molar-refractivity contribution in [2.75, 3.05) is 5.32 Å². The van der Waals surface area contributed by atoms with E-state index in [4.69, 9.17) is 17.3 Å². The average Bonchev–Trinajstić information content (AvgIpc) is 2.43. The van der Waals surface area contributed by atoms with Gasteiger partial charge in [-0.15, -0.1) is 0 Å². The third-order valence-corrected chi connectivity index (χ3v) is 2.72. The molecule has 0 radical (unpaired) electrons. The molecule has 20 heavy (non-hydrogen) atoms. The van der Waals surface area contributed by atoms with Gasteiger partial charge in [-0.05, 0) is 30.3 Å². The quantitative estimate of drug-likeness (QED) is 0.750. The molecule has 0 bridgehead atoms. The highest BCUT2D eigenvalue weighted by molar-refractivity contribution is 6.31. The Bertz CT molecular complexity index is 671. The Balaban J connectivity index is 2.19. The predicted molar refractivity (Wildman–Crippen MR) is 73.8 cm³/mol. The molecule has 1 heterocycles. The molecule has 102 valence electrons. The van der Waals surface area contributed by atoms with Crippen LogP contribution in [0.4, 0.5) is 5.69 Å². The van der Waals surface area contributed by atoms with Crippen LogP contribution in [0.25, 0.3) is 0 Å². The summed E-state index contributed by atoms with van der Waals surface area (Å²) in [4.78, 5) is 26.6. The molecule has 0 saturated heterocycles. The molecule has 2 rings (SSSR count). The fourth-order valence-electron chi connectivity index (χ4n) is 1.48. The highest BCUT2D eigenvalue weighted by atomic mass is 35.5. The molecule has 0 aliphatic heterocycles. The van der Waals surface area contributed by atoms with Crippen molar-refractivity contribution >= 4 is 29.1 Å². The summed E-state index contributed by atoms with van der Waals surface area (Å²) in [5.41, 5.74) is 5.51. The maximum atomic E-state index is 11.9. The fraction of sp³-hybridized carbons (Fsp3) is 0. The van der Waals surface area contributed by atoms with Crippen molar-refractivity contribution in [1.29, 1.82) is 0 Å². The fourth-order valence-corrected chi connectivity index (χ4v) is 1.65. The van der Waals surface area contributed by atoms with Crippen LogP contribution in [0.15, 0.2) is 36.5 Å². The lowest BCUT2D eigenvalue weighted by molar-refractivity contribution is 0.0990. The minimum Gasteiger partial charge on any atom is -0.506 e. The molecule has 1 aromatic heterocycles. The summed E-state index contributed by atoms with van der Waals surface area (Å²) in [5, 5.41) is 12.5. The number of phenolic OH excluding ortho intramolecular Hbond substituents is 1. The molecule has 0 saturated carbocycles. The van der Waals surface area contributed by atoms with Gasteiger partial charge < -0.3 is 16.2 Å². The number of phenols is 1. The van der Waals surface area contributed by atoms with Gasteiger partial charge in [-0.3, -0.25) is 14.6 Å². The van der Waals surface area contributed by atoms with E-state index in [-0.39, 0.29) is 22.7 Å². The molecule has 4 N–H and O–H groups in total. The second-order valence-electron chi connectivity index (χ2n) is 3.91. The number of rotatable bonds is 3. The molecule has 0 aliphatic rings. The van der Waals surface area contributed by atoms with Crippen molar-refractivity contribution in [2.24, 2.45) is 5.73 Å². The molecular weight excluding hydrogens is 282 g/mol. The molecule has 1 aromatic carbocycles. The molecule has 0 aliphatic carbocycles. The highest BCUT2D eigenvalue weighted by Gasteiger charge is 2.11. The van der Waals surface area contributed by atoms with Gasteiger partial charge in [-0.25, -0.2) is 0 Å². The van der Waals surface area contributed by atoms with Crippen molar-refractivity contribution in [3.8, 4) is 5.75 Å². The Morgan fingerprint density at radius 3 is 2.60 bits per heavy atom. The monoisotopic (exact) mass is 291 g/mol. The van der Waals surface area contributed by atoms with E-state index in [9.17, 15) is 14.7 Å². The van der Waals surface area contributed by atoms with Crippen molar-refractivity contribution in [2.45, 2.75) is 0 Å². The summed E-state index contributed by atoms with van der Waals surface area (Å²) in [7, 11) is 0. The first kappa shape index (κ1) is 13.8. The zero-order chi connectivity index (χ0) is 14.7. The number of amides is 2. The van der Waals surface area contributed by atoms with E-state index in [2.05, 4.69) is 10.3 Å². The minimum atomic E-state index is -0.676. The van der Waals surface area contributed by atoms with E-state index in [1.165, 1.54) is 36.5 Å². The van der Waals surface area contributed by atoms with Crippen LogP contribution in [0.3, 0.4) is 0 Å². The maximum absolute atomic E-state index is 11.9. The Hall–Kier alpha value is -2.60. The number of carbonyl (C=O) groups excluding carboxylic acids is 2. The number of nitrogens with two attached hydrogens (primary N) is 1. The highest BCUT2D eigenvalue weighted by Crippen LogP contribution is 2.26. The topological polar surface area (TPSA) is 105 Å². The van der Waals surface area contributed by atoms with E-state index in [1.54, 1.807) is 0 Å². The molecule has 0 fully saturated rings. The lowest BCUT2D eigenvalue weighted by atomic mass is 10.2. The zero-order valence-electron chi connectivity index (χ0n) is 10.1. The van der Waals surface area contributed by atoms with Crippen LogP contribution in [-0.2, 0) is 0 Å². The first-order valence-corrected chi connectivity index (χ1v) is 5.91. The zero-order valence-corrected chi connectivity index (χ0v) is 10.9. The SMILES string of the molecule is NC(=O)c1ccc(C(=O)Nc2cc(Cl)ccc2O)cn1. The second kappa shape index (κ2) is 5.58. The number of aromatic nitrogens is 1. The summed E-state index contributed by atoms with van der Waals surface area (Å²) < 4.78 is 0. The number of anilines is 1. The van der Waals surface area contributed by atoms with Crippen LogP contribution >= 0.6 is 11.6 Å². The average molecular weight is 292 g/mol. The van der Waals surface area contributed by atoms with Gasteiger partial charge in [0.15, 0.2) is 0 Å². The number of nitrogens with one attached hydrogen (secondary N) is 1. The third kappa shape index (κ3) is 3.04. The van der Waals surface area contributed by atoms with Gasteiger partial charge in [-0.2, -0.15) is 0 Å². The van der Waals surface area contributed by atoms with Gasteiger partial charge in [-0.1, -0.05) is 11.6 Å². The lowest BCUT2D eigenvalue weighted by Crippen LogP contribution is -2.15. The van der Waals surface area contributed by atoms with Gasteiger partial charge >= 0.3 is 0 Å². The van der Waals surface area contributed by atoms with Gasteiger partial charge in [0.1, 0.15) is 11.4 Å². The van der Waals surface area contributed by atoms with E-state index >= 15 is 0 Å². The van der Waals surface area contributed by atoms with Gasteiger partial charge in [0.25, 0.3) is 11.8 Å². The second-order valence-corrected chi connectivity index (χ2v) is 4.35. The predicted octanol–water partition coefficient (Wildman–Crippen LogP) is 1.79. The largest absolute Gasteiger partial charge is 0.506 e. The van der Waals surface area contributed by atoms with Gasteiger partial charge in [0.2, 0.25) is 0 Å². The summed E-state index contributed by atoms with van der Waals surface area (Å²) >= 11 is 5.78. The number of nitrogens with zero attached hydrogens (tertiary/aromatic N) is 1. The van der Waals surface area contributed by atoms with Crippen LogP contribution in [0.1, 0.15) is 20.8 Å². The molecule has 7 heteroatoms. The number of primary amides is 1. The Kier molecular flexibility index (Phi) is 3.86. The van der Waals surface area contributed by atoms with Crippen molar-refractivity contribution in [3.05, 3.63) is 52.8 Å². The Morgan fingerprint density at radius 2 is 2.00 bits per heavy atom. The summed E-state index contributed by atoms with van der Waals surface area (Å²) in [6, 6.07) is 7.03. The number of halogens is 1. The smallest absolute Gasteiger partial charge is 0.267 e. The summed E-state index contributed by atoms with van der Waals surface area (Å²) in [5.74, 6) is -1.28. The normalized spacial score (nSPS) is 10.1. The molecule has 2 aromatic rings. The summed E-state index contributed by atoms with van der Waals surface area (Å²) in [6.07, 6.45) is 1.22. The molecule has 6 nitrogen and oxygen atoms in total. The van der Waals surface area contributed by atoms with Gasteiger partial charge in [0.05, 0.1) is 11.3 Å². The lowest BCUT2D eigenvalue weighted by Gasteiger charge is -2.07. The van der Waals surface area contributed by atoms with Crippen LogP contribution in [0.5, 0.6) is 5.75 Å². The van der Waals surface area contributed by atoms with Crippen molar-refractivity contribution in [3.63, 3.8) is 0 Å².